The Kier molecular flexibility index (Phi) is 6.71. The lowest BCUT2D eigenvalue weighted by atomic mass is 10.2. The number of anilines is 1. The third-order valence-electron chi connectivity index (χ3n) is 4.20. The smallest absolute Gasteiger partial charge is 0.262 e. The summed E-state index contributed by atoms with van der Waals surface area (Å²) in [6, 6.07) is 1.56. The van der Waals surface area contributed by atoms with Gasteiger partial charge in [-0.05, 0) is 24.6 Å². The number of nitrogens with zero attached hydrogens (tertiary/aromatic N) is 2. The van der Waals surface area contributed by atoms with E-state index in [1.807, 2.05) is 0 Å². The van der Waals surface area contributed by atoms with Gasteiger partial charge in [0.2, 0.25) is 11.8 Å². The quantitative estimate of drug-likeness (QED) is 0.533. The van der Waals surface area contributed by atoms with Crippen LogP contribution in [0.2, 0.25) is 0 Å². The molecule has 0 radical (unpaired) electrons. The molecule has 0 unspecified atom stereocenters. The van der Waals surface area contributed by atoms with E-state index < -0.39 is 41.5 Å². The Morgan fingerprint density at radius 1 is 1.13 bits per heavy atom. The molecular weight excluding hydrogens is 437 g/mol. The highest BCUT2D eigenvalue weighted by molar-refractivity contribution is 7.20. The van der Waals surface area contributed by atoms with Crippen LogP contribution >= 0.6 is 11.3 Å². The van der Waals surface area contributed by atoms with Crippen LogP contribution in [0.4, 0.5) is 18.9 Å². The molecule has 3 rings (SSSR count). The van der Waals surface area contributed by atoms with E-state index in [1.54, 1.807) is 6.92 Å². The first-order valence-corrected chi connectivity index (χ1v) is 9.63. The standard InChI is InChI=1S/C19H17F3N4O4S/c1-8-13-18(30-3)25-11(7-29-2)26-19(13)31-16(8)17(28)23-6-12(27)24-10-5-4-9(20)14(21)15(10)22/h4-5H,6-7H2,1-3H3,(H,23,28)(H,24,27). The maximum atomic E-state index is 13.7. The zero-order valence-corrected chi connectivity index (χ0v) is 17.5. The predicted octanol–water partition coefficient (Wildman–Crippen LogP) is 2.94. The lowest BCUT2D eigenvalue weighted by molar-refractivity contribution is -0.115. The van der Waals surface area contributed by atoms with Gasteiger partial charge in [0.25, 0.3) is 5.91 Å². The van der Waals surface area contributed by atoms with Crippen LogP contribution in [0.25, 0.3) is 10.2 Å². The van der Waals surface area contributed by atoms with Crippen LogP contribution in [0.5, 0.6) is 5.88 Å². The van der Waals surface area contributed by atoms with Crippen LogP contribution in [-0.2, 0) is 16.1 Å². The highest BCUT2D eigenvalue weighted by atomic mass is 32.1. The number of aromatic nitrogens is 2. The molecule has 12 heteroatoms. The monoisotopic (exact) mass is 454 g/mol. The maximum absolute atomic E-state index is 13.7. The molecule has 31 heavy (non-hydrogen) atoms. The van der Waals surface area contributed by atoms with E-state index in [-0.39, 0.29) is 17.4 Å². The van der Waals surface area contributed by atoms with E-state index in [1.165, 1.54) is 14.2 Å². The molecule has 0 saturated heterocycles. The molecule has 0 saturated carbocycles. The zero-order chi connectivity index (χ0) is 22.7. The molecule has 2 heterocycles. The first-order chi connectivity index (χ1) is 14.8. The van der Waals surface area contributed by atoms with E-state index in [4.69, 9.17) is 9.47 Å². The minimum atomic E-state index is -1.70. The average Bonchev–Trinajstić information content (AvgIpc) is 3.08. The first kappa shape index (κ1) is 22.4. The Morgan fingerprint density at radius 3 is 2.55 bits per heavy atom. The molecule has 1 aromatic carbocycles. The summed E-state index contributed by atoms with van der Waals surface area (Å²) in [6.07, 6.45) is 0. The number of benzene rings is 1. The van der Waals surface area contributed by atoms with Crippen LogP contribution < -0.4 is 15.4 Å². The number of rotatable bonds is 7. The zero-order valence-electron chi connectivity index (χ0n) is 16.6. The molecule has 2 N–H and O–H groups in total. The molecule has 0 fully saturated rings. The first-order valence-electron chi connectivity index (χ1n) is 8.81. The minimum absolute atomic E-state index is 0.158. The second-order valence-electron chi connectivity index (χ2n) is 6.27. The van der Waals surface area contributed by atoms with Crippen molar-refractivity contribution in [2.45, 2.75) is 13.5 Å². The Labute approximate surface area is 178 Å². The summed E-state index contributed by atoms with van der Waals surface area (Å²) >= 11 is 1.08. The fraction of sp³-hybridized carbons (Fsp3) is 0.263. The molecule has 0 aliphatic heterocycles. The minimum Gasteiger partial charge on any atom is -0.480 e. The highest BCUT2D eigenvalue weighted by Gasteiger charge is 2.22. The SMILES string of the molecule is COCc1nc(OC)c2c(C)c(C(=O)NCC(=O)Nc3ccc(F)c(F)c3F)sc2n1. The van der Waals surface area contributed by atoms with E-state index >= 15 is 0 Å². The number of hydrogen-bond acceptors (Lipinski definition) is 7. The summed E-state index contributed by atoms with van der Waals surface area (Å²) < 4.78 is 50.2. The van der Waals surface area contributed by atoms with E-state index in [2.05, 4.69) is 20.6 Å². The van der Waals surface area contributed by atoms with Gasteiger partial charge in [0.05, 0.1) is 29.6 Å². The Hall–Kier alpha value is -3.25. The molecule has 0 atom stereocenters. The van der Waals surface area contributed by atoms with Crippen molar-refractivity contribution in [3.05, 3.63) is 45.8 Å². The molecule has 8 nitrogen and oxygen atoms in total. The molecule has 0 aliphatic carbocycles. The van der Waals surface area contributed by atoms with Gasteiger partial charge in [-0.1, -0.05) is 0 Å². The number of fused-ring (bicyclic) bond motifs is 1. The average molecular weight is 454 g/mol. The number of thiophene rings is 1. The van der Waals surface area contributed by atoms with Crippen LogP contribution in [-0.4, -0.2) is 42.5 Å². The molecule has 0 aliphatic rings. The number of hydrogen-bond donors (Lipinski definition) is 2. The fourth-order valence-corrected chi connectivity index (χ4v) is 3.87. The van der Waals surface area contributed by atoms with E-state index in [9.17, 15) is 22.8 Å². The lowest BCUT2D eigenvalue weighted by Crippen LogP contribution is -2.33. The number of halogens is 3. The van der Waals surface area contributed by atoms with E-state index in [0.717, 1.165) is 17.4 Å². The number of carbonyl (C=O) groups is 2. The van der Waals surface area contributed by atoms with Crippen LogP contribution in [0.1, 0.15) is 21.1 Å². The Balaban J connectivity index is 1.75. The Morgan fingerprint density at radius 2 is 1.87 bits per heavy atom. The van der Waals surface area contributed by atoms with Crippen molar-refractivity contribution in [1.29, 1.82) is 0 Å². The highest BCUT2D eigenvalue weighted by Crippen LogP contribution is 2.35. The molecule has 164 valence electrons. The summed E-state index contributed by atoms with van der Waals surface area (Å²) in [5.74, 6) is -5.34. The van der Waals surface area contributed by atoms with Gasteiger partial charge in [-0.25, -0.2) is 18.2 Å². The number of nitrogens with one attached hydrogen (secondary N) is 2. The summed E-state index contributed by atoms with van der Waals surface area (Å²) in [4.78, 5) is 34.0. The number of amides is 2. The van der Waals surface area contributed by atoms with Crippen LogP contribution in [0, 0.1) is 24.4 Å². The number of ether oxygens (including phenoxy) is 2. The normalized spacial score (nSPS) is 10.9. The molecule has 2 aromatic heterocycles. The summed E-state index contributed by atoms with van der Waals surface area (Å²) in [5.41, 5.74) is 0.0206. The molecule has 3 aromatic rings. The van der Waals surface area contributed by atoms with Gasteiger partial charge in [-0.2, -0.15) is 4.98 Å². The third kappa shape index (κ3) is 4.59. The van der Waals surface area contributed by atoms with Gasteiger partial charge in [-0.15, -0.1) is 11.3 Å². The van der Waals surface area contributed by atoms with Crippen LogP contribution in [0.3, 0.4) is 0 Å². The van der Waals surface area contributed by atoms with Gasteiger partial charge >= 0.3 is 0 Å². The summed E-state index contributed by atoms with van der Waals surface area (Å²) in [6.45, 7) is 1.32. The van der Waals surface area contributed by atoms with Crippen molar-refractivity contribution < 1.29 is 32.2 Å². The number of carbonyl (C=O) groups excluding carboxylic acids is 2. The predicted molar refractivity (Wildman–Crippen MR) is 107 cm³/mol. The second-order valence-corrected chi connectivity index (χ2v) is 7.27. The third-order valence-corrected chi connectivity index (χ3v) is 5.38. The molecule has 0 spiro atoms. The van der Waals surface area contributed by atoms with E-state index in [0.29, 0.717) is 27.7 Å². The summed E-state index contributed by atoms with van der Waals surface area (Å²) in [7, 11) is 2.94. The van der Waals surface area contributed by atoms with Crippen LogP contribution in [0.15, 0.2) is 12.1 Å². The van der Waals surface area contributed by atoms with Crippen molar-refractivity contribution in [3.63, 3.8) is 0 Å². The molecule has 2 amide bonds. The topological polar surface area (TPSA) is 102 Å². The van der Waals surface area contributed by atoms with Gasteiger partial charge < -0.3 is 20.1 Å². The number of methoxy groups -OCH3 is 2. The molecule has 0 bridgehead atoms. The van der Waals surface area contributed by atoms with Crippen molar-refractivity contribution in [2.75, 3.05) is 26.1 Å². The van der Waals surface area contributed by atoms with Crippen molar-refractivity contribution in [1.82, 2.24) is 15.3 Å². The number of aryl methyl sites for hydroxylation is 1. The summed E-state index contributed by atoms with van der Waals surface area (Å²) in [5, 5.41) is 5.04. The lowest BCUT2D eigenvalue weighted by Gasteiger charge is -2.08. The fourth-order valence-electron chi connectivity index (χ4n) is 2.76. The van der Waals surface area contributed by atoms with Crippen molar-refractivity contribution >= 4 is 39.1 Å². The van der Waals surface area contributed by atoms with Crippen molar-refractivity contribution in [3.8, 4) is 5.88 Å². The molecular formula is C19H17F3N4O4S. The Bertz CT molecular complexity index is 1170. The van der Waals surface area contributed by atoms with Crippen molar-refractivity contribution in [2.24, 2.45) is 0 Å². The van der Waals surface area contributed by atoms with Gasteiger partial charge in [-0.3, -0.25) is 9.59 Å². The van der Waals surface area contributed by atoms with Gasteiger partial charge in [0, 0.05) is 7.11 Å². The second kappa shape index (κ2) is 9.27. The maximum Gasteiger partial charge on any atom is 0.262 e. The van der Waals surface area contributed by atoms with Gasteiger partial charge in [0.15, 0.2) is 23.3 Å². The van der Waals surface area contributed by atoms with Gasteiger partial charge in [0.1, 0.15) is 11.4 Å². The largest absolute Gasteiger partial charge is 0.480 e.